The van der Waals surface area contributed by atoms with Gasteiger partial charge in [-0.2, -0.15) is 0 Å². The standard InChI is InChI=1S/C13H23N5O7/c1-13(2,3)25-12(21)15-8-5-4-6-17(11(14)16-18(22)23)10(8)24-7-9(19)20/h8,10H,4-7H2,1-3H3,(H2,14,16)(H,15,21)(H,19,20)/t8-,10?/m0/s1. The highest BCUT2D eigenvalue weighted by atomic mass is 16.7. The van der Waals surface area contributed by atoms with Crippen LogP contribution in [0.4, 0.5) is 4.79 Å². The SMILES string of the molecule is CC(C)(C)OC(=O)N[C@H]1CCCN(/C(N)=N/[N+](=O)[O-])C1OCC(=O)O. The molecule has 1 aliphatic rings. The number of guanidine groups is 1. The lowest BCUT2D eigenvalue weighted by Gasteiger charge is -2.40. The Morgan fingerprint density at radius 2 is 2.12 bits per heavy atom. The van der Waals surface area contributed by atoms with Crippen LogP contribution in [0.25, 0.3) is 0 Å². The van der Waals surface area contributed by atoms with Crippen molar-refractivity contribution < 1.29 is 29.2 Å². The summed E-state index contributed by atoms with van der Waals surface area (Å²) in [5, 5.41) is 24.0. The average Bonchev–Trinajstić information content (AvgIpc) is 2.42. The van der Waals surface area contributed by atoms with Gasteiger partial charge in [0.1, 0.15) is 17.3 Å². The lowest BCUT2D eigenvalue weighted by atomic mass is 10.0. The first-order valence-corrected chi connectivity index (χ1v) is 7.57. The number of nitrogens with zero attached hydrogens (tertiary/aromatic N) is 3. The van der Waals surface area contributed by atoms with Crippen molar-refractivity contribution in [2.75, 3.05) is 13.2 Å². The molecule has 0 spiro atoms. The second-order valence-electron chi connectivity index (χ2n) is 6.38. The molecule has 0 radical (unpaired) electrons. The molecular formula is C13H23N5O7. The summed E-state index contributed by atoms with van der Waals surface area (Å²) in [6, 6.07) is -0.677. The van der Waals surface area contributed by atoms with Crippen LogP contribution in [0.2, 0.25) is 0 Å². The number of amides is 1. The minimum atomic E-state index is -1.23. The maximum Gasteiger partial charge on any atom is 0.408 e. The van der Waals surface area contributed by atoms with Gasteiger partial charge in [-0.1, -0.05) is 0 Å². The largest absolute Gasteiger partial charge is 0.480 e. The predicted octanol–water partition coefficient (Wildman–Crippen LogP) is -0.0908. The molecule has 1 amide bonds. The number of aliphatic carboxylic acids is 1. The molecule has 0 aliphatic carbocycles. The van der Waals surface area contributed by atoms with Crippen LogP contribution in [0.5, 0.6) is 0 Å². The van der Waals surface area contributed by atoms with E-state index in [4.69, 9.17) is 20.3 Å². The number of carboxylic acid groups (broad SMARTS) is 1. The minimum Gasteiger partial charge on any atom is -0.480 e. The van der Waals surface area contributed by atoms with Gasteiger partial charge in [-0.05, 0) is 33.6 Å². The van der Waals surface area contributed by atoms with Crippen LogP contribution in [-0.4, -0.2) is 64.1 Å². The lowest BCUT2D eigenvalue weighted by molar-refractivity contribution is -0.486. The van der Waals surface area contributed by atoms with Crippen LogP contribution in [0.1, 0.15) is 33.6 Å². The Labute approximate surface area is 144 Å². The molecular weight excluding hydrogens is 338 g/mol. The molecule has 1 unspecified atom stereocenters. The maximum atomic E-state index is 12.0. The zero-order valence-corrected chi connectivity index (χ0v) is 14.3. The molecule has 1 aliphatic heterocycles. The van der Waals surface area contributed by atoms with Gasteiger partial charge in [0.15, 0.2) is 11.3 Å². The first kappa shape index (κ1) is 20.4. The number of hydrogen-bond acceptors (Lipinski definition) is 6. The van der Waals surface area contributed by atoms with Crippen LogP contribution in [0, 0.1) is 10.1 Å². The summed E-state index contributed by atoms with van der Waals surface area (Å²) in [6.07, 6.45) is -0.762. The van der Waals surface area contributed by atoms with Crippen molar-refractivity contribution in [3.8, 4) is 0 Å². The third kappa shape index (κ3) is 7.20. The number of nitrogens with two attached hydrogens (primary N) is 1. The van der Waals surface area contributed by atoms with E-state index >= 15 is 0 Å². The Balaban J connectivity index is 2.93. The molecule has 1 saturated heterocycles. The van der Waals surface area contributed by atoms with Gasteiger partial charge in [-0.25, -0.2) is 19.7 Å². The van der Waals surface area contributed by atoms with Crippen molar-refractivity contribution in [1.29, 1.82) is 0 Å². The molecule has 2 atom stereocenters. The quantitative estimate of drug-likeness (QED) is 0.262. The van der Waals surface area contributed by atoms with Gasteiger partial charge in [-0.15, -0.1) is 0 Å². The highest BCUT2D eigenvalue weighted by Crippen LogP contribution is 2.20. The van der Waals surface area contributed by atoms with Crippen molar-refractivity contribution in [1.82, 2.24) is 10.2 Å². The van der Waals surface area contributed by atoms with Gasteiger partial charge < -0.3 is 30.5 Å². The monoisotopic (exact) mass is 361 g/mol. The van der Waals surface area contributed by atoms with Gasteiger partial charge in [-0.3, -0.25) is 0 Å². The number of nitrogens with one attached hydrogen (secondary N) is 1. The topological polar surface area (TPSA) is 170 Å². The second-order valence-corrected chi connectivity index (χ2v) is 6.38. The van der Waals surface area contributed by atoms with E-state index in [9.17, 15) is 19.7 Å². The molecule has 0 aromatic carbocycles. The molecule has 1 heterocycles. The summed E-state index contributed by atoms with van der Waals surface area (Å²) in [7, 11) is 0. The van der Waals surface area contributed by atoms with Gasteiger partial charge in [0, 0.05) is 6.54 Å². The van der Waals surface area contributed by atoms with Gasteiger partial charge in [0.2, 0.25) is 0 Å². The summed E-state index contributed by atoms with van der Waals surface area (Å²) in [4.78, 5) is 34.5. The summed E-state index contributed by atoms with van der Waals surface area (Å²) >= 11 is 0. The molecule has 1 fully saturated rings. The molecule has 0 aromatic heterocycles. The maximum absolute atomic E-state index is 12.0. The molecule has 1 rings (SSSR count). The molecule has 12 nitrogen and oxygen atoms in total. The normalized spacial score (nSPS) is 21.6. The van der Waals surface area contributed by atoms with Crippen LogP contribution in [0.15, 0.2) is 5.10 Å². The number of carbonyl (C=O) groups is 2. The van der Waals surface area contributed by atoms with Crippen molar-refractivity contribution in [2.45, 2.75) is 51.5 Å². The summed E-state index contributed by atoms with van der Waals surface area (Å²) < 4.78 is 10.4. The zero-order valence-electron chi connectivity index (χ0n) is 14.3. The first-order chi connectivity index (χ1) is 11.5. The molecule has 0 bridgehead atoms. The van der Waals surface area contributed by atoms with Crippen LogP contribution < -0.4 is 11.1 Å². The van der Waals surface area contributed by atoms with Crippen LogP contribution >= 0.6 is 0 Å². The Morgan fingerprint density at radius 3 is 2.64 bits per heavy atom. The van der Waals surface area contributed by atoms with Crippen molar-refractivity contribution >= 4 is 18.0 Å². The lowest BCUT2D eigenvalue weighted by Crippen LogP contribution is -2.60. The Bertz CT molecular complexity index is 545. The molecule has 142 valence electrons. The van der Waals surface area contributed by atoms with E-state index in [0.29, 0.717) is 12.8 Å². The van der Waals surface area contributed by atoms with E-state index in [-0.39, 0.29) is 6.54 Å². The fourth-order valence-electron chi connectivity index (χ4n) is 2.32. The number of nitro groups is 1. The van der Waals surface area contributed by atoms with Crippen molar-refractivity contribution in [3.63, 3.8) is 0 Å². The van der Waals surface area contributed by atoms with Crippen molar-refractivity contribution in [2.24, 2.45) is 10.8 Å². The van der Waals surface area contributed by atoms with E-state index in [1.807, 2.05) is 0 Å². The van der Waals surface area contributed by atoms with Crippen LogP contribution in [0.3, 0.4) is 0 Å². The van der Waals surface area contributed by atoms with E-state index in [1.165, 1.54) is 4.90 Å². The molecule has 25 heavy (non-hydrogen) atoms. The van der Waals surface area contributed by atoms with Crippen molar-refractivity contribution in [3.05, 3.63) is 10.1 Å². The summed E-state index contributed by atoms with van der Waals surface area (Å²) in [5.74, 6) is -1.66. The van der Waals surface area contributed by atoms with E-state index in [2.05, 4.69) is 10.4 Å². The third-order valence-corrected chi connectivity index (χ3v) is 3.12. The second kappa shape index (κ2) is 8.46. The highest BCUT2D eigenvalue weighted by Gasteiger charge is 2.36. The van der Waals surface area contributed by atoms with Gasteiger partial charge in [0.25, 0.3) is 5.96 Å². The number of rotatable bonds is 5. The number of likely N-dealkylation sites (tertiary alicyclic amines) is 1. The van der Waals surface area contributed by atoms with E-state index < -0.39 is 47.5 Å². The first-order valence-electron chi connectivity index (χ1n) is 7.57. The Kier molecular flexibility index (Phi) is 6.91. The number of carbonyl (C=O) groups excluding carboxylic acids is 1. The summed E-state index contributed by atoms with van der Waals surface area (Å²) in [6.45, 7) is 4.68. The van der Waals surface area contributed by atoms with Gasteiger partial charge >= 0.3 is 12.1 Å². The number of alkyl carbamates (subject to hydrolysis) is 1. The van der Waals surface area contributed by atoms with Gasteiger partial charge in [0.05, 0.1) is 6.04 Å². The number of carboxylic acids is 1. The molecule has 12 heteroatoms. The number of hydrazone groups is 1. The zero-order chi connectivity index (χ0) is 19.2. The molecule has 4 N–H and O–H groups in total. The smallest absolute Gasteiger partial charge is 0.408 e. The van der Waals surface area contributed by atoms with Crippen LogP contribution in [-0.2, 0) is 14.3 Å². The highest BCUT2D eigenvalue weighted by molar-refractivity contribution is 5.78. The fourth-order valence-corrected chi connectivity index (χ4v) is 2.32. The van der Waals surface area contributed by atoms with E-state index in [1.54, 1.807) is 20.8 Å². The number of hydrogen-bond donors (Lipinski definition) is 3. The minimum absolute atomic E-state index is 0.264. The molecule has 0 saturated carbocycles. The fraction of sp³-hybridized carbons (Fsp3) is 0.769. The number of piperidine rings is 1. The third-order valence-electron chi connectivity index (χ3n) is 3.12. The van der Waals surface area contributed by atoms with E-state index in [0.717, 1.165) is 0 Å². The average molecular weight is 361 g/mol. The Morgan fingerprint density at radius 1 is 1.48 bits per heavy atom. The molecule has 0 aromatic rings. The predicted molar refractivity (Wildman–Crippen MR) is 85.1 cm³/mol. The number of ether oxygens (including phenoxy) is 2. The summed E-state index contributed by atoms with van der Waals surface area (Å²) in [5.41, 5.74) is 4.88. The Hall–Kier alpha value is -2.63.